The average Bonchev–Trinajstić information content (AvgIpc) is 2.37. The maximum Gasteiger partial charge on any atom is 0.184 e. The van der Waals surface area contributed by atoms with E-state index in [2.05, 4.69) is 0 Å². The smallest absolute Gasteiger partial charge is 0.184 e. The Hall–Kier alpha value is -1.72. The highest BCUT2D eigenvalue weighted by atomic mass is 35.5. The molecule has 0 saturated heterocycles. The van der Waals surface area contributed by atoms with Gasteiger partial charge in [0.1, 0.15) is 5.75 Å². The third-order valence-electron chi connectivity index (χ3n) is 3.07. The van der Waals surface area contributed by atoms with Crippen molar-refractivity contribution in [3.8, 4) is 5.75 Å². The standard InChI is InChI=1S/C15H16ClNO3S/c1-10-3-5-14(20-2)11(7-10)9-21(18,19)15-6-4-12(17)8-13(15)16/h3-8H,9,17H2,1-2H3. The van der Waals surface area contributed by atoms with E-state index < -0.39 is 9.84 Å². The van der Waals surface area contributed by atoms with Gasteiger partial charge in [0.05, 0.1) is 22.8 Å². The molecule has 4 nitrogen and oxygen atoms in total. The molecule has 0 aliphatic rings. The highest BCUT2D eigenvalue weighted by Gasteiger charge is 2.21. The molecule has 0 bridgehead atoms. The lowest BCUT2D eigenvalue weighted by atomic mass is 10.1. The SMILES string of the molecule is COc1ccc(C)cc1CS(=O)(=O)c1ccc(N)cc1Cl. The Balaban J connectivity index is 2.44. The Bertz CT molecular complexity index is 772. The zero-order chi connectivity index (χ0) is 15.6. The van der Waals surface area contributed by atoms with Gasteiger partial charge in [-0.1, -0.05) is 29.3 Å². The molecule has 0 spiro atoms. The summed E-state index contributed by atoms with van der Waals surface area (Å²) in [5.41, 5.74) is 7.58. The fourth-order valence-electron chi connectivity index (χ4n) is 2.07. The molecule has 2 aromatic carbocycles. The first-order chi connectivity index (χ1) is 9.83. The highest BCUT2D eigenvalue weighted by Crippen LogP contribution is 2.29. The minimum absolute atomic E-state index is 0.0712. The minimum atomic E-state index is -3.58. The molecule has 2 rings (SSSR count). The molecule has 112 valence electrons. The van der Waals surface area contributed by atoms with Crippen molar-refractivity contribution in [1.82, 2.24) is 0 Å². The van der Waals surface area contributed by atoms with E-state index in [0.29, 0.717) is 17.0 Å². The van der Waals surface area contributed by atoms with Gasteiger partial charge in [0.15, 0.2) is 9.84 Å². The number of hydrogen-bond donors (Lipinski definition) is 1. The average molecular weight is 326 g/mol. The van der Waals surface area contributed by atoms with Crippen LogP contribution in [-0.4, -0.2) is 15.5 Å². The molecule has 0 aliphatic heterocycles. The number of ether oxygens (including phenoxy) is 1. The Morgan fingerprint density at radius 2 is 1.90 bits per heavy atom. The molecule has 0 saturated carbocycles. The van der Waals surface area contributed by atoms with Crippen LogP contribution in [0, 0.1) is 6.92 Å². The quantitative estimate of drug-likeness (QED) is 0.876. The monoisotopic (exact) mass is 325 g/mol. The molecule has 0 heterocycles. The van der Waals surface area contributed by atoms with Gasteiger partial charge in [-0.2, -0.15) is 0 Å². The number of methoxy groups -OCH3 is 1. The van der Waals surface area contributed by atoms with E-state index in [1.165, 1.54) is 25.3 Å². The Morgan fingerprint density at radius 1 is 1.19 bits per heavy atom. The lowest BCUT2D eigenvalue weighted by Gasteiger charge is -2.11. The molecule has 0 atom stereocenters. The molecule has 6 heteroatoms. The van der Waals surface area contributed by atoms with Crippen LogP contribution in [0.3, 0.4) is 0 Å². The molecule has 0 aliphatic carbocycles. The van der Waals surface area contributed by atoms with Gasteiger partial charge >= 0.3 is 0 Å². The number of nitrogens with two attached hydrogens (primary N) is 1. The normalized spacial score (nSPS) is 11.4. The first kappa shape index (κ1) is 15.7. The van der Waals surface area contributed by atoms with Crippen molar-refractivity contribution in [2.45, 2.75) is 17.6 Å². The van der Waals surface area contributed by atoms with E-state index in [-0.39, 0.29) is 15.7 Å². The van der Waals surface area contributed by atoms with Crippen molar-refractivity contribution in [2.75, 3.05) is 12.8 Å². The lowest BCUT2D eigenvalue weighted by Crippen LogP contribution is -2.07. The molecule has 2 aromatic rings. The zero-order valence-electron chi connectivity index (χ0n) is 11.8. The topological polar surface area (TPSA) is 69.4 Å². The fourth-order valence-corrected chi connectivity index (χ4v) is 4.04. The molecule has 2 N–H and O–H groups in total. The van der Waals surface area contributed by atoms with Crippen LogP contribution in [0.5, 0.6) is 5.75 Å². The van der Waals surface area contributed by atoms with Crippen molar-refractivity contribution < 1.29 is 13.2 Å². The number of halogens is 1. The van der Waals surface area contributed by atoms with E-state index in [1.54, 1.807) is 12.1 Å². The van der Waals surface area contributed by atoms with Gasteiger partial charge in [0, 0.05) is 11.3 Å². The number of nitrogen functional groups attached to an aromatic ring is 1. The molecule has 0 unspecified atom stereocenters. The predicted octanol–water partition coefficient (Wildman–Crippen LogP) is 3.21. The van der Waals surface area contributed by atoms with Gasteiger partial charge in [-0.15, -0.1) is 0 Å². The van der Waals surface area contributed by atoms with Gasteiger partial charge in [-0.25, -0.2) is 8.42 Å². The Labute approximate surface area is 129 Å². The summed E-state index contributed by atoms with van der Waals surface area (Å²) in [5, 5.41) is 0.126. The highest BCUT2D eigenvalue weighted by molar-refractivity contribution is 7.90. The summed E-state index contributed by atoms with van der Waals surface area (Å²) < 4.78 is 30.3. The minimum Gasteiger partial charge on any atom is -0.496 e. The van der Waals surface area contributed by atoms with E-state index in [1.807, 2.05) is 13.0 Å². The number of anilines is 1. The third kappa shape index (κ3) is 3.49. The molecular formula is C15H16ClNO3S. The molecule has 0 fully saturated rings. The van der Waals surface area contributed by atoms with Crippen LogP contribution in [0.1, 0.15) is 11.1 Å². The molecule has 21 heavy (non-hydrogen) atoms. The maximum atomic E-state index is 12.5. The number of aryl methyl sites for hydroxylation is 1. The molecule has 0 radical (unpaired) electrons. The number of hydrogen-bond acceptors (Lipinski definition) is 4. The number of rotatable bonds is 4. The van der Waals surface area contributed by atoms with E-state index in [0.717, 1.165) is 5.56 Å². The van der Waals surface area contributed by atoms with Gasteiger partial charge in [-0.3, -0.25) is 0 Å². The summed E-state index contributed by atoms with van der Waals surface area (Å²) in [4.78, 5) is 0.0712. The van der Waals surface area contributed by atoms with Crippen molar-refractivity contribution in [3.63, 3.8) is 0 Å². The van der Waals surface area contributed by atoms with Gasteiger partial charge in [0.25, 0.3) is 0 Å². The van der Waals surface area contributed by atoms with Crippen LogP contribution < -0.4 is 10.5 Å². The summed E-state index contributed by atoms with van der Waals surface area (Å²) in [6, 6.07) is 9.79. The summed E-state index contributed by atoms with van der Waals surface area (Å²) in [5.74, 6) is 0.359. The van der Waals surface area contributed by atoms with Gasteiger partial charge in [-0.05, 0) is 31.2 Å². The van der Waals surface area contributed by atoms with Gasteiger partial charge < -0.3 is 10.5 Å². The second-order valence-corrected chi connectivity index (χ2v) is 7.13. The van der Waals surface area contributed by atoms with E-state index >= 15 is 0 Å². The van der Waals surface area contributed by atoms with Crippen LogP contribution in [0.4, 0.5) is 5.69 Å². The second kappa shape index (κ2) is 5.95. The van der Waals surface area contributed by atoms with Crippen molar-refractivity contribution in [3.05, 3.63) is 52.5 Å². The van der Waals surface area contributed by atoms with Crippen LogP contribution in [0.25, 0.3) is 0 Å². The van der Waals surface area contributed by atoms with Crippen LogP contribution >= 0.6 is 11.6 Å². The van der Waals surface area contributed by atoms with Crippen LogP contribution in [-0.2, 0) is 15.6 Å². The number of sulfone groups is 1. The van der Waals surface area contributed by atoms with Crippen LogP contribution in [0.15, 0.2) is 41.3 Å². The lowest BCUT2D eigenvalue weighted by molar-refractivity contribution is 0.411. The summed E-state index contributed by atoms with van der Waals surface area (Å²) >= 11 is 5.99. The summed E-state index contributed by atoms with van der Waals surface area (Å²) in [6.45, 7) is 1.89. The molecule has 0 amide bonds. The van der Waals surface area contributed by atoms with E-state index in [4.69, 9.17) is 22.1 Å². The molecule has 0 aromatic heterocycles. The first-order valence-corrected chi connectivity index (χ1v) is 8.28. The van der Waals surface area contributed by atoms with Crippen molar-refractivity contribution in [2.24, 2.45) is 0 Å². The van der Waals surface area contributed by atoms with Gasteiger partial charge in [0.2, 0.25) is 0 Å². The largest absolute Gasteiger partial charge is 0.496 e. The van der Waals surface area contributed by atoms with Crippen molar-refractivity contribution >= 4 is 27.1 Å². The van der Waals surface area contributed by atoms with Crippen molar-refractivity contribution in [1.29, 1.82) is 0 Å². The first-order valence-electron chi connectivity index (χ1n) is 6.25. The number of benzene rings is 2. The summed E-state index contributed by atoms with van der Waals surface area (Å²) in [7, 11) is -2.07. The summed E-state index contributed by atoms with van der Waals surface area (Å²) in [6.07, 6.45) is 0. The Morgan fingerprint density at radius 3 is 2.52 bits per heavy atom. The zero-order valence-corrected chi connectivity index (χ0v) is 13.3. The third-order valence-corrected chi connectivity index (χ3v) is 5.21. The van der Waals surface area contributed by atoms with E-state index in [9.17, 15) is 8.42 Å². The Kier molecular flexibility index (Phi) is 4.44. The molecular weight excluding hydrogens is 310 g/mol. The van der Waals surface area contributed by atoms with Crippen LogP contribution in [0.2, 0.25) is 5.02 Å². The predicted molar refractivity (Wildman–Crippen MR) is 84.5 cm³/mol. The second-order valence-electron chi connectivity index (χ2n) is 4.76. The maximum absolute atomic E-state index is 12.5. The fraction of sp³-hybridized carbons (Fsp3) is 0.200.